The number of ether oxygens (including phenoxy) is 1. The molecule has 150 valence electrons. The molecule has 29 heavy (non-hydrogen) atoms. The van der Waals surface area contributed by atoms with Crippen LogP contribution in [-0.4, -0.2) is 37.6 Å². The Morgan fingerprint density at radius 2 is 1.79 bits per heavy atom. The van der Waals surface area contributed by atoms with Gasteiger partial charge in [0.1, 0.15) is 5.75 Å². The molecule has 3 atom stereocenters. The smallest absolute Gasteiger partial charge is 0.229 e. The van der Waals surface area contributed by atoms with E-state index in [9.17, 15) is 4.79 Å². The van der Waals surface area contributed by atoms with Crippen LogP contribution in [0.2, 0.25) is 0 Å². The molecular formula is C25H28N2O2. The summed E-state index contributed by atoms with van der Waals surface area (Å²) in [4.78, 5) is 15.3. The summed E-state index contributed by atoms with van der Waals surface area (Å²) in [5.41, 5.74) is 8.36. The Hall–Kier alpha value is -2.85. The van der Waals surface area contributed by atoms with Gasteiger partial charge in [0.2, 0.25) is 5.91 Å². The zero-order chi connectivity index (χ0) is 20.4. The second kappa shape index (κ2) is 8.26. The third kappa shape index (κ3) is 3.85. The summed E-state index contributed by atoms with van der Waals surface area (Å²) in [7, 11) is 1.67. The highest BCUT2D eigenvalue weighted by molar-refractivity contribution is 5.88. The van der Waals surface area contributed by atoms with Gasteiger partial charge in [0.05, 0.1) is 13.0 Å². The van der Waals surface area contributed by atoms with Crippen LogP contribution in [0.4, 0.5) is 0 Å². The molecule has 3 aromatic carbocycles. The summed E-state index contributed by atoms with van der Waals surface area (Å²) in [6.07, 6.45) is 0. The van der Waals surface area contributed by atoms with E-state index in [0.717, 1.165) is 35.2 Å². The number of methoxy groups -OCH3 is 1. The summed E-state index contributed by atoms with van der Waals surface area (Å²) in [5, 5.41) is 2.23. The van der Waals surface area contributed by atoms with Crippen LogP contribution in [0.5, 0.6) is 5.75 Å². The number of carbonyl (C=O) groups is 1. The van der Waals surface area contributed by atoms with Crippen LogP contribution in [0, 0.1) is 5.92 Å². The van der Waals surface area contributed by atoms with Crippen LogP contribution in [0.3, 0.4) is 0 Å². The molecule has 1 fully saturated rings. The molecule has 0 bridgehead atoms. The molecule has 0 radical (unpaired) electrons. The summed E-state index contributed by atoms with van der Waals surface area (Å²) in [6.45, 7) is 4.06. The van der Waals surface area contributed by atoms with Crippen molar-refractivity contribution in [1.82, 2.24) is 4.90 Å². The fourth-order valence-corrected chi connectivity index (χ4v) is 4.42. The molecule has 0 aliphatic carbocycles. The molecule has 0 spiro atoms. The van der Waals surface area contributed by atoms with Crippen molar-refractivity contribution in [3.8, 4) is 5.75 Å². The number of likely N-dealkylation sites (tertiary alicyclic amines) is 1. The Kier molecular flexibility index (Phi) is 5.54. The molecule has 0 aromatic heterocycles. The first-order chi connectivity index (χ1) is 14.1. The monoisotopic (exact) mass is 388 g/mol. The molecule has 4 rings (SSSR count). The molecular weight excluding hydrogens is 360 g/mol. The summed E-state index contributed by atoms with van der Waals surface area (Å²) in [5.74, 6) is 1.44. The maximum absolute atomic E-state index is 13.3. The van der Waals surface area contributed by atoms with E-state index in [4.69, 9.17) is 10.5 Å². The Balaban J connectivity index is 1.54. The van der Waals surface area contributed by atoms with Crippen LogP contribution in [0.15, 0.2) is 66.7 Å². The van der Waals surface area contributed by atoms with Gasteiger partial charge >= 0.3 is 0 Å². The van der Waals surface area contributed by atoms with Crippen molar-refractivity contribution in [2.75, 3.05) is 26.7 Å². The number of nitrogens with zero attached hydrogens (tertiary/aromatic N) is 1. The van der Waals surface area contributed by atoms with E-state index < -0.39 is 0 Å². The van der Waals surface area contributed by atoms with E-state index in [1.165, 1.54) is 5.56 Å². The average Bonchev–Trinajstić information content (AvgIpc) is 3.22. The Morgan fingerprint density at radius 3 is 2.52 bits per heavy atom. The van der Waals surface area contributed by atoms with Gasteiger partial charge in [-0.05, 0) is 53.4 Å². The van der Waals surface area contributed by atoms with Crippen LogP contribution in [0.1, 0.15) is 29.9 Å². The standard InChI is InChI=1S/C25H28N2O2/c1-17(19-8-9-21-13-23(29-2)11-10-20(21)12-19)25(28)27-15-22(14-26)24(16-27)18-6-4-3-5-7-18/h3-13,17,22,24H,14-16,26H2,1-2H3/t17?,22-,24+/m1/s1. The van der Waals surface area contributed by atoms with E-state index in [2.05, 4.69) is 42.5 Å². The van der Waals surface area contributed by atoms with Crippen LogP contribution < -0.4 is 10.5 Å². The second-order valence-electron chi connectivity index (χ2n) is 7.95. The number of amides is 1. The first-order valence-electron chi connectivity index (χ1n) is 10.2. The van der Waals surface area contributed by atoms with Gasteiger partial charge in [0, 0.05) is 19.0 Å². The van der Waals surface area contributed by atoms with E-state index in [1.807, 2.05) is 36.1 Å². The zero-order valence-electron chi connectivity index (χ0n) is 17.0. The topological polar surface area (TPSA) is 55.6 Å². The average molecular weight is 389 g/mol. The predicted molar refractivity (Wildman–Crippen MR) is 117 cm³/mol. The van der Waals surface area contributed by atoms with E-state index in [1.54, 1.807) is 7.11 Å². The van der Waals surface area contributed by atoms with Gasteiger partial charge in [0.15, 0.2) is 0 Å². The third-order valence-electron chi connectivity index (χ3n) is 6.23. The fraction of sp³-hybridized carbons (Fsp3) is 0.320. The van der Waals surface area contributed by atoms with Gasteiger partial charge < -0.3 is 15.4 Å². The zero-order valence-corrected chi connectivity index (χ0v) is 17.0. The predicted octanol–water partition coefficient (Wildman–Crippen LogP) is 4.15. The summed E-state index contributed by atoms with van der Waals surface area (Å²) < 4.78 is 5.30. The van der Waals surface area contributed by atoms with Gasteiger partial charge in [0.25, 0.3) is 0 Å². The first kappa shape index (κ1) is 19.5. The minimum atomic E-state index is -0.186. The molecule has 4 nitrogen and oxygen atoms in total. The normalized spacial score (nSPS) is 20.0. The van der Waals surface area contributed by atoms with Gasteiger partial charge in [-0.2, -0.15) is 0 Å². The third-order valence-corrected chi connectivity index (χ3v) is 6.23. The van der Waals surface area contributed by atoms with Crippen molar-refractivity contribution in [1.29, 1.82) is 0 Å². The van der Waals surface area contributed by atoms with Crippen molar-refractivity contribution < 1.29 is 9.53 Å². The van der Waals surface area contributed by atoms with Crippen molar-refractivity contribution in [2.45, 2.75) is 18.8 Å². The quantitative estimate of drug-likeness (QED) is 0.714. The lowest BCUT2D eigenvalue weighted by molar-refractivity contribution is -0.131. The summed E-state index contributed by atoms with van der Waals surface area (Å²) in [6, 6.07) is 22.7. The molecule has 0 saturated carbocycles. The van der Waals surface area contributed by atoms with Crippen LogP contribution >= 0.6 is 0 Å². The number of hydrogen-bond acceptors (Lipinski definition) is 3. The Bertz CT molecular complexity index is 1000. The van der Waals surface area contributed by atoms with Crippen molar-refractivity contribution in [2.24, 2.45) is 11.7 Å². The van der Waals surface area contributed by atoms with Gasteiger partial charge in [-0.15, -0.1) is 0 Å². The van der Waals surface area contributed by atoms with Gasteiger partial charge in [-0.1, -0.05) is 54.6 Å². The molecule has 3 aromatic rings. The number of hydrogen-bond donors (Lipinski definition) is 1. The molecule has 1 amide bonds. The molecule has 1 aliphatic rings. The molecule has 2 N–H and O–H groups in total. The molecule has 4 heteroatoms. The van der Waals surface area contributed by atoms with E-state index >= 15 is 0 Å². The Morgan fingerprint density at radius 1 is 1.07 bits per heavy atom. The molecule has 1 unspecified atom stereocenters. The van der Waals surface area contributed by atoms with E-state index in [0.29, 0.717) is 18.4 Å². The highest BCUT2D eigenvalue weighted by Crippen LogP contribution is 2.34. The van der Waals surface area contributed by atoms with Crippen LogP contribution in [0.25, 0.3) is 10.8 Å². The number of rotatable bonds is 5. The minimum absolute atomic E-state index is 0.176. The van der Waals surface area contributed by atoms with Crippen LogP contribution in [-0.2, 0) is 4.79 Å². The van der Waals surface area contributed by atoms with Crippen molar-refractivity contribution in [3.63, 3.8) is 0 Å². The maximum Gasteiger partial charge on any atom is 0.229 e. The fourth-order valence-electron chi connectivity index (χ4n) is 4.42. The number of carbonyl (C=O) groups excluding carboxylic acids is 1. The van der Waals surface area contributed by atoms with Crippen molar-refractivity contribution >= 4 is 16.7 Å². The molecule has 1 saturated heterocycles. The number of fused-ring (bicyclic) bond motifs is 1. The largest absolute Gasteiger partial charge is 0.497 e. The number of benzene rings is 3. The highest BCUT2D eigenvalue weighted by atomic mass is 16.5. The SMILES string of the molecule is COc1ccc2cc(C(C)C(=O)N3C[C@@H](CN)[C@H](c4ccccc4)C3)ccc2c1. The lowest BCUT2D eigenvalue weighted by Gasteiger charge is -2.22. The minimum Gasteiger partial charge on any atom is -0.497 e. The van der Waals surface area contributed by atoms with Gasteiger partial charge in [-0.25, -0.2) is 0 Å². The van der Waals surface area contributed by atoms with Gasteiger partial charge in [-0.3, -0.25) is 4.79 Å². The first-order valence-corrected chi connectivity index (χ1v) is 10.2. The lowest BCUT2D eigenvalue weighted by Crippen LogP contribution is -2.33. The van der Waals surface area contributed by atoms with E-state index in [-0.39, 0.29) is 11.8 Å². The number of nitrogens with two attached hydrogens (primary N) is 1. The second-order valence-corrected chi connectivity index (χ2v) is 7.95. The lowest BCUT2D eigenvalue weighted by atomic mass is 9.89. The maximum atomic E-state index is 13.3. The van der Waals surface area contributed by atoms with Crippen molar-refractivity contribution in [3.05, 3.63) is 77.9 Å². The highest BCUT2D eigenvalue weighted by Gasteiger charge is 2.36. The summed E-state index contributed by atoms with van der Waals surface area (Å²) >= 11 is 0. The Labute approximate surface area is 172 Å². The molecule has 1 heterocycles. The molecule has 1 aliphatic heterocycles.